The number of nitrogens with zero attached hydrogens (tertiary/aromatic N) is 1. The van der Waals surface area contributed by atoms with E-state index in [1.165, 1.54) is 19.1 Å². The van der Waals surface area contributed by atoms with Gasteiger partial charge in [0.1, 0.15) is 5.75 Å². The van der Waals surface area contributed by atoms with E-state index in [-0.39, 0.29) is 23.6 Å². The van der Waals surface area contributed by atoms with Crippen molar-refractivity contribution in [3.8, 4) is 5.75 Å². The summed E-state index contributed by atoms with van der Waals surface area (Å²) in [6, 6.07) is 18.2. The van der Waals surface area contributed by atoms with E-state index in [1.807, 2.05) is 12.1 Å². The van der Waals surface area contributed by atoms with E-state index in [9.17, 15) is 9.59 Å². The molecule has 2 N–H and O–H groups in total. The predicted molar refractivity (Wildman–Crippen MR) is 122 cm³/mol. The number of likely N-dealkylation sites (tertiary alicyclic amines) is 1. The molecule has 1 atom stereocenters. The topological polar surface area (TPSA) is 83.8 Å². The minimum atomic E-state index is -0.333. The molecule has 1 saturated heterocycles. The quantitative estimate of drug-likeness (QED) is 0.559. The normalized spacial score (nSPS) is 14.7. The van der Waals surface area contributed by atoms with Crippen molar-refractivity contribution in [1.82, 2.24) is 10.2 Å². The zero-order chi connectivity index (χ0) is 22.3. The minimum Gasteiger partial charge on any atom is -0.497 e. The van der Waals surface area contributed by atoms with Crippen molar-refractivity contribution in [3.05, 3.63) is 83.8 Å². The fourth-order valence-corrected chi connectivity index (χ4v) is 3.93. The summed E-state index contributed by atoms with van der Waals surface area (Å²) in [4.78, 5) is 27.3. The van der Waals surface area contributed by atoms with Crippen LogP contribution >= 0.6 is 0 Å². The molecule has 4 rings (SSSR count). The van der Waals surface area contributed by atoms with Gasteiger partial charge in [-0.05, 0) is 80.0 Å². The average molecular weight is 434 g/mol. The van der Waals surface area contributed by atoms with Gasteiger partial charge < -0.3 is 19.8 Å². The number of furan rings is 1. The first-order chi connectivity index (χ1) is 15.6. The van der Waals surface area contributed by atoms with Gasteiger partial charge in [0.15, 0.2) is 5.76 Å². The van der Waals surface area contributed by atoms with Gasteiger partial charge in [0, 0.05) is 17.8 Å². The molecule has 2 heterocycles. The Labute approximate surface area is 187 Å². The highest BCUT2D eigenvalue weighted by Crippen LogP contribution is 2.26. The molecule has 0 bridgehead atoms. The van der Waals surface area contributed by atoms with Gasteiger partial charge in [-0.2, -0.15) is 0 Å². The number of carbonyl (C=O) groups excluding carboxylic acids is 2. The summed E-state index contributed by atoms with van der Waals surface area (Å²) in [5, 5.41) is 5.82. The van der Waals surface area contributed by atoms with Crippen molar-refractivity contribution in [1.29, 1.82) is 0 Å². The molecule has 0 radical (unpaired) electrons. The number of carbonyl (C=O) groups is 2. The summed E-state index contributed by atoms with van der Waals surface area (Å²) in [6.45, 7) is 2.56. The summed E-state index contributed by atoms with van der Waals surface area (Å²) in [5.41, 5.74) is 2.29. The fraction of sp³-hybridized carbons (Fsp3) is 0.280. The average Bonchev–Trinajstić information content (AvgIpc) is 3.55. The van der Waals surface area contributed by atoms with Gasteiger partial charge in [0.2, 0.25) is 0 Å². The van der Waals surface area contributed by atoms with Crippen LogP contribution in [0.4, 0.5) is 5.69 Å². The summed E-state index contributed by atoms with van der Waals surface area (Å²) in [6.07, 6.45) is 3.79. The number of amides is 2. The van der Waals surface area contributed by atoms with E-state index in [0.29, 0.717) is 17.8 Å². The smallest absolute Gasteiger partial charge is 0.291 e. The van der Waals surface area contributed by atoms with Gasteiger partial charge in [0.05, 0.1) is 19.4 Å². The zero-order valence-electron chi connectivity index (χ0n) is 18.0. The summed E-state index contributed by atoms with van der Waals surface area (Å²) in [5.74, 6) is 0.572. The van der Waals surface area contributed by atoms with E-state index < -0.39 is 0 Å². The molecule has 1 aliphatic rings. The van der Waals surface area contributed by atoms with Crippen LogP contribution in [0.2, 0.25) is 0 Å². The highest BCUT2D eigenvalue weighted by Gasteiger charge is 2.24. The monoisotopic (exact) mass is 433 g/mol. The lowest BCUT2D eigenvalue weighted by atomic mass is 10.0. The molecule has 7 nitrogen and oxygen atoms in total. The van der Waals surface area contributed by atoms with E-state index in [4.69, 9.17) is 9.15 Å². The fourth-order valence-electron chi connectivity index (χ4n) is 3.93. The highest BCUT2D eigenvalue weighted by molar-refractivity contribution is 6.02. The third-order valence-corrected chi connectivity index (χ3v) is 5.69. The van der Waals surface area contributed by atoms with E-state index in [1.54, 1.807) is 43.5 Å². The van der Waals surface area contributed by atoms with Crippen LogP contribution in [0.25, 0.3) is 0 Å². The molecule has 2 aromatic carbocycles. The molecular formula is C25H27N3O4. The lowest BCUT2D eigenvalue weighted by Crippen LogP contribution is -2.36. The Morgan fingerprint density at radius 1 is 1.00 bits per heavy atom. The number of benzene rings is 2. The standard InChI is InChI=1S/C25H27N3O4/c1-31-21-12-8-18(9-13-21)22(28-14-2-3-15-28)17-26-24(29)19-6-10-20(11-7-19)27-25(30)23-5-4-16-32-23/h4-13,16,22H,2-3,14-15,17H2,1H3,(H,26,29)(H,27,30)/t22-/m1/s1. The van der Waals surface area contributed by atoms with Gasteiger partial charge in [-0.1, -0.05) is 12.1 Å². The Morgan fingerprint density at radius 2 is 1.72 bits per heavy atom. The number of anilines is 1. The highest BCUT2D eigenvalue weighted by atomic mass is 16.5. The maximum absolute atomic E-state index is 12.8. The van der Waals surface area contributed by atoms with Gasteiger partial charge in [0.25, 0.3) is 11.8 Å². The number of ether oxygens (including phenoxy) is 1. The van der Waals surface area contributed by atoms with Crippen molar-refractivity contribution >= 4 is 17.5 Å². The lowest BCUT2D eigenvalue weighted by molar-refractivity contribution is 0.0937. The molecular weight excluding hydrogens is 406 g/mol. The van der Waals surface area contributed by atoms with Crippen LogP contribution in [0, 0.1) is 0 Å². The third kappa shape index (κ3) is 5.18. The molecule has 1 aromatic heterocycles. The summed E-state index contributed by atoms with van der Waals surface area (Å²) >= 11 is 0. The van der Waals surface area contributed by atoms with E-state index in [0.717, 1.165) is 24.4 Å². The second kappa shape index (κ2) is 10.2. The molecule has 2 amide bonds. The molecule has 3 aromatic rings. The summed E-state index contributed by atoms with van der Waals surface area (Å²) < 4.78 is 10.4. The van der Waals surface area contributed by atoms with Crippen LogP contribution in [-0.4, -0.2) is 43.5 Å². The van der Waals surface area contributed by atoms with Crippen LogP contribution in [0.3, 0.4) is 0 Å². The molecule has 1 aliphatic heterocycles. The lowest BCUT2D eigenvalue weighted by Gasteiger charge is -2.28. The van der Waals surface area contributed by atoms with E-state index >= 15 is 0 Å². The van der Waals surface area contributed by atoms with Crippen molar-refractivity contribution in [2.45, 2.75) is 18.9 Å². The molecule has 7 heteroatoms. The third-order valence-electron chi connectivity index (χ3n) is 5.69. The molecule has 0 saturated carbocycles. The van der Waals surface area contributed by atoms with Crippen molar-refractivity contribution in [3.63, 3.8) is 0 Å². The Kier molecular flexibility index (Phi) is 6.87. The minimum absolute atomic E-state index is 0.110. The van der Waals surface area contributed by atoms with Gasteiger partial charge in [-0.15, -0.1) is 0 Å². The number of hydrogen-bond acceptors (Lipinski definition) is 5. The van der Waals surface area contributed by atoms with Gasteiger partial charge in [-0.3, -0.25) is 14.5 Å². The Hall–Kier alpha value is -3.58. The summed E-state index contributed by atoms with van der Waals surface area (Å²) in [7, 11) is 1.65. The van der Waals surface area contributed by atoms with Crippen LogP contribution in [0.1, 0.15) is 45.4 Å². The Bertz CT molecular complexity index is 1020. The van der Waals surface area contributed by atoms with Crippen molar-refractivity contribution in [2.24, 2.45) is 0 Å². The first-order valence-corrected chi connectivity index (χ1v) is 10.7. The van der Waals surface area contributed by atoms with Gasteiger partial charge >= 0.3 is 0 Å². The second-order valence-electron chi connectivity index (χ2n) is 7.75. The number of hydrogen-bond donors (Lipinski definition) is 2. The Balaban J connectivity index is 1.38. The van der Waals surface area contributed by atoms with Crippen molar-refractivity contribution < 1.29 is 18.7 Å². The van der Waals surface area contributed by atoms with E-state index in [2.05, 4.69) is 27.7 Å². The first-order valence-electron chi connectivity index (χ1n) is 10.7. The maximum atomic E-state index is 12.8. The first kappa shape index (κ1) is 21.6. The van der Waals surface area contributed by atoms with Gasteiger partial charge in [-0.25, -0.2) is 0 Å². The van der Waals surface area contributed by atoms with Crippen molar-refractivity contribution in [2.75, 3.05) is 32.1 Å². The zero-order valence-corrected chi connectivity index (χ0v) is 18.0. The molecule has 0 unspecified atom stereocenters. The predicted octanol–water partition coefficient (Wildman–Crippen LogP) is 4.11. The SMILES string of the molecule is COc1ccc([C@@H](CNC(=O)c2ccc(NC(=O)c3ccco3)cc2)N2CCCC2)cc1. The van der Waals surface area contributed by atoms with Crippen LogP contribution in [-0.2, 0) is 0 Å². The molecule has 0 spiro atoms. The van der Waals surface area contributed by atoms with Crippen LogP contribution in [0.5, 0.6) is 5.75 Å². The molecule has 1 fully saturated rings. The number of rotatable bonds is 8. The number of methoxy groups -OCH3 is 1. The molecule has 0 aliphatic carbocycles. The van der Waals surface area contributed by atoms with Crippen LogP contribution < -0.4 is 15.4 Å². The number of nitrogens with one attached hydrogen (secondary N) is 2. The molecule has 32 heavy (non-hydrogen) atoms. The second-order valence-corrected chi connectivity index (χ2v) is 7.75. The van der Waals surface area contributed by atoms with Crippen LogP contribution in [0.15, 0.2) is 71.3 Å². The molecule has 166 valence electrons. The maximum Gasteiger partial charge on any atom is 0.291 e. The largest absolute Gasteiger partial charge is 0.497 e. The Morgan fingerprint density at radius 3 is 2.34 bits per heavy atom.